The van der Waals surface area contributed by atoms with Gasteiger partial charge in [-0.3, -0.25) is 0 Å². The summed E-state index contributed by atoms with van der Waals surface area (Å²) in [7, 11) is 2.02. The van der Waals surface area contributed by atoms with Gasteiger partial charge in [-0.2, -0.15) is 0 Å². The van der Waals surface area contributed by atoms with Crippen LogP contribution in [-0.2, 0) is 6.42 Å². The quantitative estimate of drug-likeness (QED) is 0.833. The van der Waals surface area contributed by atoms with Gasteiger partial charge in [0.05, 0.1) is 10.7 Å². The minimum atomic E-state index is 0.284. The average Bonchev–Trinajstić information content (AvgIpc) is 2.45. The summed E-state index contributed by atoms with van der Waals surface area (Å²) in [6, 6.07) is 0.490. The standard InChI is InChI=1S/C11H20N2S/c1-8-13-9(7-14-8)6-10(12-5)11(2,3)4/h7,10,12H,6H2,1-5H3. The van der Waals surface area contributed by atoms with Crippen LogP contribution in [0, 0.1) is 12.3 Å². The van der Waals surface area contributed by atoms with Crippen molar-refractivity contribution in [3.05, 3.63) is 16.1 Å². The van der Waals surface area contributed by atoms with Crippen LogP contribution in [0.4, 0.5) is 0 Å². The van der Waals surface area contributed by atoms with E-state index in [1.807, 2.05) is 7.05 Å². The van der Waals surface area contributed by atoms with Crippen LogP contribution < -0.4 is 5.32 Å². The van der Waals surface area contributed by atoms with Crippen LogP contribution in [0.5, 0.6) is 0 Å². The second-order valence-corrected chi connectivity index (χ2v) is 5.83. The highest BCUT2D eigenvalue weighted by molar-refractivity contribution is 7.09. The van der Waals surface area contributed by atoms with Crippen molar-refractivity contribution in [1.29, 1.82) is 0 Å². The van der Waals surface area contributed by atoms with E-state index in [0.717, 1.165) is 11.4 Å². The largest absolute Gasteiger partial charge is 0.316 e. The first kappa shape index (κ1) is 11.7. The molecule has 1 aromatic heterocycles. The molecule has 0 aliphatic rings. The molecule has 3 heteroatoms. The fourth-order valence-corrected chi connectivity index (χ4v) is 2.18. The predicted octanol–water partition coefficient (Wildman–Crippen LogP) is 2.63. The maximum absolute atomic E-state index is 4.49. The molecule has 1 rings (SSSR count). The average molecular weight is 212 g/mol. The van der Waals surface area contributed by atoms with E-state index in [1.54, 1.807) is 11.3 Å². The lowest BCUT2D eigenvalue weighted by Gasteiger charge is -2.29. The second kappa shape index (κ2) is 4.41. The van der Waals surface area contributed by atoms with Gasteiger partial charge in [0.25, 0.3) is 0 Å². The summed E-state index contributed by atoms with van der Waals surface area (Å²) in [6.07, 6.45) is 1.02. The number of nitrogens with one attached hydrogen (secondary N) is 1. The molecule has 14 heavy (non-hydrogen) atoms. The number of likely N-dealkylation sites (N-methyl/N-ethyl adjacent to an activating group) is 1. The topological polar surface area (TPSA) is 24.9 Å². The van der Waals surface area contributed by atoms with Crippen LogP contribution in [0.3, 0.4) is 0 Å². The molecule has 0 radical (unpaired) electrons. The molecule has 0 saturated carbocycles. The van der Waals surface area contributed by atoms with Crippen LogP contribution in [0.1, 0.15) is 31.5 Å². The maximum atomic E-state index is 4.49. The van der Waals surface area contributed by atoms with Crippen LogP contribution in [0.25, 0.3) is 0 Å². The van der Waals surface area contributed by atoms with E-state index >= 15 is 0 Å². The van der Waals surface area contributed by atoms with Gasteiger partial charge in [0.2, 0.25) is 0 Å². The Morgan fingerprint density at radius 2 is 2.14 bits per heavy atom. The van der Waals surface area contributed by atoms with E-state index in [2.05, 4.69) is 43.4 Å². The zero-order valence-corrected chi connectivity index (χ0v) is 10.5. The summed E-state index contributed by atoms with van der Waals surface area (Å²) in [4.78, 5) is 4.49. The van der Waals surface area contributed by atoms with Crippen molar-refractivity contribution in [2.45, 2.75) is 40.2 Å². The number of nitrogens with zero attached hydrogens (tertiary/aromatic N) is 1. The summed E-state index contributed by atoms with van der Waals surface area (Å²) in [5, 5.41) is 6.68. The Morgan fingerprint density at radius 1 is 1.50 bits per heavy atom. The van der Waals surface area contributed by atoms with Crippen LogP contribution in [0.15, 0.2) is 5.38 Å². The third-order valence-corrected chi connectivity index (χ3v) is 3.30. The summed E-state index contributed by atoms with van der Waals surface area (Å²) in [5.41, 5.74) is 1.49. The number of aromatic nitrogens is 1. The fourth-order valence-electron chi connectivity index (χ4n) is 1.55. The van der Waals surface area contributed by atoms with Crippen LogP contribution in [0.2, 0.25) is 0 Å². The van der Waals surface area contributed by atoms with Crippen LogP contribution >= 0.6 is 11.3 Å². The number of aryl methyl sites for hydroxylation is 1. The van der Waals surface area contributed by atoms with Gasteiger partial charge in [0, 0.05) is 17.8 Å². The third-order valence-electron chi connectivity index (χ3n) is 2.47. The molecule has 1 unspecified atom stereocenters. The molecule has 0 aliphatic carbocycles. The smallest absolute Gasteiger partial charge is 0.0897 e. The van der Waals surface area contributed by atoms with Crippen molar-refractivity contribution in [2.75, 3.05) is 7.05 Å². The number of thiazole rings is 1. The van der Waals surface area contributed by atoms with Gasteiger partial charge in [-0.25, -0.2) is 4.98 Å². The van der Waals surface area contributed by atoms with Gasteiger partial charge in [0.1, 0.15) is 0 Å². The number of rotatable bonds is 3. The summed E-state index contributed by atoms with van der Waals surface area (Å²) < 4.78 is 0. The van der Waals surface area contributed by atoms with Crippen molar-refractivity contribution >= 4 is 11.3 Å². The molecule has 0 saturated heterocycles. The Bertz CT molecular complexity index is 286. The molecule has 0 amide bonds. The predicted molar refractivity (Wildman–Crippen MR) is 62.9 cm³/mol. The number of hydrogen-bond acceptors (Lipinski definition) is 3. The highest BCUT2D eigenvalue weighted by Gasteiger charge is 2.23. The summed E-state index contributed by atoms with van der Waals surface area (Å²) >= 11 is 1.73. The first-order chi connectivity index (χ1) is 6.43. The van der Waals surface area contributed by atoms with Gasteiger partial charge < -0.3 is 5.32 Å². The number of hydrogen-bond donors (Lipinski definition) is 1. The molecule has 0 aromatic carbocycles. The van der Waals surface area contributed by atoms with E-state index in [4.69, 9.17) is 0 Å². The lowest BCUT2D eigenvalue weighted by atomic mass is 9.84. The molecule has 0 fully saturated rings. The van der Waals surface area contributed by atoms with Crippen molar-refractivity contribution in [2.24, 2.45) is 5.41 Å². The normalized spacial score (nSPS) is 14.4. The monoisotopic (exact) mass is 212 g/mol. The fraction of sp³-hybridized carbons (Fsp3) is 0.727. The summed E-state index contributed by atoms with van der Waals surface area (Å²) in [5.74, 6) is 0. The van der Waals surface area contributed by atoms with E-state index < -0.39 is 0 Å². The molecule has 1 atom stereocenters. The highest BCUT2D eigenvalue weighted by Crippen LogP contribution is 2.22. The third kappa shape index (κ3) is 3.07. The van der Waals surface area contributed by atoms with E-state index in [-0.39, 0.29) is 5.41 Å². The molecule has 0 bridgehead atoms. The minimum absolute atomic E-state index is 0.284. The van der Waals surface area contributed by atoms with Gasteiger partial charge in [-0.1, -0.05) is 20.8 Å². The lowest BCUT2D eigenvalue weighted by molar-refractivity contribution is 0.278. The first-order valence-corrected chi connectivity index (χ1v) is 5.89. The molecule has 80 valence electrons. The van der Waals surface area contributed by atoms with Crippen molar-refractivity contribution in [3.8, 4) is 0 Å². The van der Waals surface area contributed by atoms with Gasteiger partial charge in [0.15, 0.2) is 0 Å². The lowest BCUT2D eigenvalue weighted by Crippen LogP contribution is -2.39. The van der Waals surface area contributed by atoms with Crippen molar-refractivity contribution in [3.63, 3.8) is 0 Å². The van der Waals surface area contributed by atoms with Gasteiger partial charge in [-0.05, 0) is 19.4 Å². The molecule has 1 N–H and O–H groups in total. The Kier molecular flexibility index (Phi) is 3.67. The Morgan fingerprint density at radius 3 is 2.50 bits per heavy atom. The SMILES string of the molecule is CNC(Cc1csc(C)n1)C(C)(C)C. The Balaban J connectivity index is 2.66. The van der Waals surface area contributed by atoms with Crippen molar-refractivity contribution < 1.29 is 0 Å². The van der Waals surface area contributed by atoms with E-state index in [1.165, 1.54) is 5.69 Å². The molecule has 0 aliphatic heterocycles. The Labute approximate surface area is 90.8 Å². The first-order valence-electron chi connectivity index (χ1n) is 5.01. The zero-order valence-electron chi connectivity index (χ0n) is 9.72. The van der Waals surface area contributed by atoms with Gasteiger partial charge >= 0.3 is 0 Å². The molecule has 2 nitrogen and oxygen atoms in total. The van der Waals surface area contributed by atoms with E-state index in [9.17, 15) is 0 Å². The molecular formula is C11H20N2S. The zero-order chi connectivity index (χ0) is 10.8. The van der Waals surface area contributed by atoms with Gasteiger partial charge in [-0.15, -0.1) is 11.3 Å². The second-order valence-electron chi connectivity index (χ2n) is 4.77. The van der Waals surface area contributed by atoms with E-state index in [0.29, 0.717) is 6.04 Å². The highest BCUT2D eigenvalue weighted by atomic mass is 32.1. The molecule has 0 spiro atoms. The summed E-state index contributed by atoms with van der Waals surface area (Å²) in [6.45, 7) is 8.83. The van der Waals surface area contributed by atoms with Crippen molar-refractivity contribution in [1.82, 2.24) is 10.3 Å². The maximum Gasteiger partial charge on any atom is 0.0897 e. The molecule has 1 heterocycles. The Hall–Kier alpha value is -0.410. The minimum Gasteiger partial charge on any atom is -0.316 e. The molecular weight excluding hydrogens is 192 g/mol. The molecule has 1 aromatic rings. The van der Waals surface area contributed by atoms with Crippen LogP contribution in [-0.4, -0.2) is 18.1 Å².